The van der Waals surface area contributed by atoms with Crippen molar-refractivity contribution in [3.8, 4) is 0 Å². The highest BCUT2D eigenvalue weighted by molar-refractivity contribution is 5.94. The monoisotopic (exact) mass is 247 g/mol. The Labute approximate surface area is 106 Å². The summed E-state index contributed by atoms with van der Waals surface area (Å²) in [6.45, 7) is 4.33. The van der Waals surface area contributed by atoms with Crippen LogP contribution in [-0.4, -0.2) is 18.5 Å². The Hall–Kier alpha value is -1.84. The fraction of sp³-hybridized carbons (Fsp3) is 0.429. The minimum absolute atomic E-state index is 0.128. The molecule has 0 aliphatic carbocycles. The highest BCUT2D eigenvalue weighted by Crippen LogP contribution is 2.22. The minimum Gasteiger partial charge on any atom is -0.465 e. The predicted molar refractivity (Wildman–Crippen MR) is 68.2 cm³/mol. The van der Waals surface area contributed by atoms with Crippen LogP contribution in [0, 0.1) is 19.8 Å². The van der Waals surface area contributed by atoms with Gasteiger partial charge in [0.25, 0.3) is 0 Å². The molecular formula is C14H17NO3. The Morgan fingerprint density at radius 3 is 2.61 bits per heavy atom. The summed E-state index contributed by atoms with van der Waals surface area (Å²) >= 11 is 0. The van der Waals surface area contributed by atoms with Crippen LogP contribution in [0.15, 0.2) is 18.2 Å². The van der Waals surface area contributed by atoms with Crippen molar-refractivity contribution >= 4 is 17.6 Å². The van der Waals surface area contributed by atoms with Gasteiger partial charge in [-0.1, -0.05) is 18.2 Å². The summed E-state index contributed by atoms with van der Waals surface area (Å²) in [4.78, 5) is 23.2. The predicted octanol–water partition coefficient (Wildman–Crippen LogP) is 2.20. The van der Waals surface area contributed by atoms with Crippen LogP contribution >= 0.6 is 0 Å². The second-order valence-electron chi connectivity index (χ2n) is 4.67. The molecule has 4 heteroatoms. The van der Waals surface area contributed by atoms with E-state index in [0.717, 1.165) is 16.8 Å². The molecule has 0 spiro atoms. The van der Waals surface area contributed by atoms with Crippen molar-refractivity contribution in [1.82, 2.24) is 0 Å². The third kappa shape index (κ3) is 2.70. The molecule has 0 saturated carbocycles. The van der Waals surface area contributed by atoms with Gasteiger partial charge in [0.05, 0.1) is 12.5 Å². The Bertz CT molecular complexity index is 462. The summed E-state index contributed by atoms with van der Waals surface area (Å²) in [6, 6.07) is 5.85. The standard InChI is InChI=1S/C14H17NO3/c1-9-4-3-5-10(2)13(9)15-12(16)8-11-6-7-18-14(11)17/h3-5,11H,6-8H2,1-2H3,(H,15,16)/t11-/m0/s1. The number of esters is 1. The maximum absolute atomic E-state index is 11.9. The first-order chi connectivity index (χ1) is 8.58. The second kappa shape index (κ2) is 5.21. The molecule has 2 rings (SSSR count). The van der Waals surface area contributed by atoms with E-state index in [2.05, 4.69) is 5.32 Å². The van der Waals surface area contributed by atoms with Gasteiger partial charge in [0.2, 0.25) is 5.91 Å². The number of hydrogen-bond acceptors (Lipinski definition) is 3. The van der Waals surface area contributed by atoms with Crippen LogP contribution in [0.25, 0.3) is 0 Å². The Kier molecular flexibility index (Phi) is 3.65. The lowest BCUT2D eigenvalue weighted by atomic mass is 10.0. The zero-order chi connectivity index (χ0) is 13.1. The van der Waals surface area contributed by atoms with E-state index in [0.29, 0.717) is 13.0 Å². The molecule has 1 amide bonds. The molecule has 0 bridgehead atoms. The van der Waals surface area contributed by atoms with Gasteiger partial charge in [0.15, 0.2) is 0 Å². The molecule has 1 saturated heterocycles. The van der Waals surface area contributed by atoms with Gasteiger partial charge >= 0.3 is 5.97 Å². The van der Waals surface area contributed by atoms with Gasteiger partial charge in [-0.15, -0.1) is 0 Å². The molecule has 1 atom stereocenters. The molecule has 1 fully saturated rings. The van der Waals surface area contributed by atoms with Crippen LogP contribution in [0.5, 0.6) is 0 Å². The third-order valence-electron chi connectivity index (χ3n) is 3.22. The van der Waals surface area contributed by atoms with Crippen molar-refractivity contribution in [2.45, 2.75) is 26.7 Å². The number of carbonyl (C=O) groups excluding carboxylic acids is 2. The van der Waals surface area contributed by atoms with Gasteiger partial charge in [-0.2, -0.15) is 0 Å². The maximum Gasteiger partial charge on any atom is 0.309 e. The lowest BCUT2D eigenvalue weighted by Crippen LogP contribution is -2.20. The fourth-order valence-corrected chi connectivity index (χ4v) is 2.15. The van der Waals surface area contributed by atoms with Crippen molar-refractivity contribution in [3.63, 3.8) is 0 Å². The van der Waals surface area contributed by atoms with Gasteiger partial charge in [0.1, 0.15) is 0 Å². The molecule has 1 aliphatic rings. The van der Waals surface area contributed by atoms with Crippen molar-refractivity contribution in [2.24, 2.45) is 5.92 Å². The van der Waals surface area contributed by atoms with E-state index in [4.69, 9.17) is 4.74 Å². The number of carbonyl (C=O) groups is 2. The summed E-state index contributed by atoms with van der Waals surface area (Å²) in [5, 5.41) is 2.88. The molecule has 1 heterocycles. The van der Waals surface area contributed by atoms with Gasteiger partial charge in [-0.25, -0.2) is 0 Å². The lowest BCUT2D eigenvalue weighted by molar-refractivity contribution is -0.142. The second-order valence-corrected chi connectivity index (χ2v) is 4.67. The molecule has 0 aromatic heterocycles. The molecule has 1 aromatic carbocycles. The molecule has 1 aliphatic heterocycles. The van der Waals surface area contributed by atoms with Crippen LogP contribution < -0.4 is 5.32 Å². The van der Waals surface area contributed by atoms with E-state index in [1.54, 1.807) is 0 Å². The smallest absolute Gasteiger partial charge is 0.309 e. The van der Waals surface area contributed by atoms with Crippen molar-refractivity contribution in [2.75, 3.05) is 11.9 Å². The van der Waals surface area contributed by atoms with Crippen LogP contribution in [0.2, 0.25) is 0 Å². The van der Waals surface area contributed by atoms with Crippen LogP contribution in [0.1, 0.15) is 24.0 Å². The minimum atomic E-state index is -0.283. The number of hydrogen-bond donors (Lipinski definition) is 1. The van der Waals surface area contributed by atoms with E-state index in [1.807, 2.05) is 32.0 Å². The summed E-state index contributed by atoms with van der Waals surface area (Å²) in [5.74, 6) is -0.669. The van der Waals surface area contributed by atoms with Gasteiger partial charge in [-0.3, -0.25) is 9.59 Å². The Morgan fingerprint density at radius 1 is 1.39 bits per heavy atom. The zero-order valence-corrected chi connectivity index (χ0v) is 10.7. The van der Waals surface area contributed by atoms with Crippen LogP contribution in [-0.2, 0) is 14.3 Å². The number of anilines is 1. The quantitative estimate of drug-likeness (QED) is 0.833. The van der Waals surface area contributed by atoms with Crippen LogP contribution in [0.4, 0.5) is 5.69 Å². The van der Waals surface area contributed by atoms with Crippen molar-refractivity contribution in [3.05, 3.63) is 29.3 Å². The molecule has 4 nitrogen and oxygen atoms in total. The number of rotatable bonds is 3. The average Bonchev–Trinajstić information content (AvgIpc) is 2.70. The number of aryl methyl sites for hydroxylation is 2. The number of amides is 1. The van der Waals surface area contributed by atoms with E-state index >= 15 is 0 Å². The molecular weight excluding hydrogens is 230 g/mol. The SMILES string of the molecule is Cc1cccc(C)c1NC(=O)C[C@@H]1CCOC1=O. The first kappa shape index (κ1) is 12.6. The van der Waals surface area contributed by atoms with E-state index in [9.17, 15) is 9.59 Å². The normalized spacial score (nSPS) is 18.6. The Balaban J connectivity index is 2.01. The number of para-hydroxylation sites is 1. The van der Waals surface area contributed by atoms with E-state index < -0.39 is 0 Å². The largest absolute Gasteiger partial charge is 0.465 e. The zero-order valence-electron chi connectivity index (χ0n) is 10.7. The summed E-state index contributed by atoms with van der Waals surface area (Å²) in [5.41, 5.74) is 2.89. The summed E-state index contributed by atoms with van der Waals surface area (Å²) in [6.07, 6.45) is 0.839. The number of ether oxygens (including phenoxy) is 1. The maximum atomic E-state index is 11.9. The number of nitrogens with one attached hydrogen (secondary N) is 1. The van der Waals surface area contributed by atoms with E-state index in [-0.39, 0.29) is 24.2 Å². The topological polar surface area (TPSA) is 55.4 Å². The molecule has 96 valence electrons. The molecule has 0 unspecified atom stereocenters. The highest BCUT2D eigenvalue weighted by Gasteiger charge is 2.28. The Morgan fingerprint density at radius 2 is 2.06 bits per heavy atom. The number of benzene rings is 1. The summed E-state index contributed by atoms with van der Waals surface area (Å²) < 4.78 is 4.85. The van der Waals surface area contributed by atoms with Gasteiger partial charge in [0, 0.05) is 12.1 Å². The highest BCUT2D eigenvalue weighted by atomic mass is 16.5. The van der Waals surface area contributed by atoms with Crippen molar-refractivity contribution < 1.29 is 14.3 Å². The average molecular weight is 247 g/mol. The van der Waals surface area contributed by atoms with Gasteiger partial charge < -0.3 is 10.1 Å². The molecule has 1 N–H and O–H groups in total. The molecule has 1 aromatic rings. The van der Waals surface area contributed by atoms with Crippen LogP contribution in [0.3, 0.4) is 0 Å². The fourth-order valence-electron chi connectivity index (χ4n) is 2.15. The first-order valence-corrected chi connectivity index (χ1v) is 6.10. The van der Waals surface area contributed by atoms with Gasteiger partial charge in [-0.05, 0) is 31.4 Å². The number of cyclic esters (lactones) is 1. The third-order valence-corrected chi connectivity index (χ3v) is 3.22. The van der Waals surface area contributed by atoms with Crippen molar-refractivity contribution in [1.29, 1.82) is 0 Å². The summed E-state index contributed by atoms with van der Waals surface area (Å²) in [7, 11) is 0. The molecule has 18 heavy (non-hydrogen) atoms. The molecule has 0 radical (unpaired) electrons. The first-order valence-electron chi connectivity index (χ1n) is 6.10. The van der Waals surface area contributed by atoms with E-state index in [1.165, 1.54) is 0 Å². The lowest BCUT2D eigenvalue weighted by Gasteiger charge is -2.12.